The van der Waals surface area contributed by atoms with Gasteiger partial charge in [-0.25, -0.2) is 0 Å². The van der Waals surface area contributed by atoms with E-state index in [0.29, 0.717) is 6.54 Å². The van der Waals surface area contributed by atoms with Crippen LogP contribution in [-0.4, -0.2) is 20.7 Å². The number of carbonyl (C=O) groups is 1. The Bertz CT molecular complexity index is 675. The number of nitrogens with one attached hydrogen (secondary N) is 1. The van der Waals surface area contributed by atoms with Crippen LogP contribution in [0, 0.1) is 5.92 Å². The van der Waals surface area contributed by atoms with E-state index in [0.717, 1.165) is 36.2 Å². The van der Waals surface area contributed by atoms with E-state index in [4.69, 9.17) is 0 Å². The minimum Gasteiger partial charge on any atom is -0.350 e. The summed E-state index contributed by atoms with van der Waals surface area (Å²) in [4.78, 5) is 16.2. The van der Waals surface area contributed by atoms with Gasteiger partial charge in [0.05, 0.1) is 17.9 Å². The van der Waals surface area contributed by atoms with Gasteiger partial charge in [-0.2, -0.15) is 5.10 Å². The standard InChI is InChI=1S/C17H20N4O/c1-21-16(13-7-9-18-10-8-13)11-15(20-21)12-19-17(22)14-5-3-2-4-6-14/h2-3,7-11,14H,4-6,12H2,1H3,(H,19,22)/t14-/m1/s1. The summed E-state index contributed by atoms with van der Waals surface area (Å²) in [6.45, 7) is 0.470. The molecule has 1 aliphatic carbocycles. The number of aromatic nitrogens is 3. The van der Waals surface area contributed by atoms with Gasteiger partial charge in [-0.1, -0.05) is 12.2 Å². The van der Waals surface area contributed by atoms with E-state index >= 15 is 0 Å². The first-order chi connectivity index (χ1) is 10.7. The maximum absolute atomic E-state index is 12.1. The Balaban J connectivity index is 1.64. The number of hydrogen-bond donors (Lipinski definition) is 1. The summed E-state index contributed by atoms with van der Waals surface area (Å²) in [7, 11) is 1.91. The molecule has 0 radical (unpaired) electrons. The zero-order chi connectivity index (χ0) is 15.4. The number of hydrogen-bond acceptors (Lipinski definition) is 3. The first kappa shape index (κ1) is 14.5. The Morgan fingerprint density at radius 1 is 1.36 bits per heavy atom. The van der Waals surface area contributed by atoms with Crippen molar-refractivity contribution in [3.8, 4) is 11.3 Å². The average Bonchev–Trinajstić information content (AvgIpc) is 2.95. The van der Waals surface area contributed by atoms with Gasteiger partial charge in [-0.05, 0) is 37.5 Å². The fraction of sp³-hybridized carbons (Fsp3) is 0.353. The first-order valence-corrected chi connectivity index (χ1v) is 7.60. The molecule has 2 aromatic heterocycles. The van der Waals surface area contributed by atoms with Gasteiger partial charge in [0, 0.05) is 30.9 Å². The topological polar surface area (TPSA) is 59.8 Å². The van der Waals surface area contributed by atoms with E-state index in [1.54, 1.807) is 12.4 Å². The van der Waals surface area contributed by atoms with Crippen LogP contribution in [-0.2, 0) is 18.4 Å². The van der Waals surface area contributed by atoms with Gasteiger partial charge in [0.1, 0.15) is 0 Å². The number of rotatable bonds is 4. The normalized spacial score (nSPS) is 17.4. The van der Waals surface area contributed by atoms with Crippen LogP contribution in [0.15, 0.2) is 42.7 Å². The lowest BCUT2D eigenvalue weighted by Gasteiger charge is -2.16. The maximum Gasteiger partial charge on any atom is 0.223 e. The molecular formula is C17H20N4O. The monoisotopic (exact) mass is 296 g/mol. The lowest BCUT2D eigenvalue weighted by atomic mass is 9.94. The van der Waals surface area contributed by atoms with Gasteiger partial charge in [0.15, 0.2) is 0 Å². The van der Waals surface area contributed by atoms with Crippen LogP contribution < -0.4 is 5.32 Å². The van der Waals surface area contributed by atoms with Crippen LogP contribution in [0.2, 0.25) is 0 Å². The Morgan fingerprint density at radius 2 is 2.18 bits per heavy atom. The molecule has 5 heteroatoms. The molecule has 0 aliphatic heterocycles. The molecule has 114 valence electrons. The predicted molar refractivity (Wildman–Crippen MR) is 84.8 cm³/mol. The maximum atomic E-state index is 12.1. The van der Waals surface area contributed by atoms with E-state index in [9.17, 15) is 4.79 Å². The van der Waals surface area contributed by atoms with Gasteiger partial charge in [0.2, 0.25) is 5.91 Å². The second kappa shape index (κ2) is 6.56. The van der Waals surface area contributed by atoms with Crippen LogP contribution >= 0.6 is 0 Å². The van der Waals surface area contributed by atoms with Crippen molar-refractivity contribution in [1.82, 2.24) is 20.1 Å². The highest BCUT2D eigenvalue weighted by atomic mass is 16.1. The van der Waals surface area contributed by atoms with Crippen LogP contribution in [0.4, 0.5) is 0 Å². The Hall–Kier alpha value is -2.43. The molecule has 1 amide bonds. The molecule has 0 spiro atoms. The van der Waals surface area contributed by atoms with Gasteiger partial charge >= 0.3 is 0 Å². The molecule has 5 nitrogen and oxygen atoms in total. The van der Waals surface area contributed by atoms with Gasteiger partial charge in [0.25, 0.3) is 0 Å². The number of nitrogens with zero attached hydrogens (tertiary/aromatic N) is 3. The van der Waals surface area contributed by atoms with Crippen molar-refractivity contribution in [2.24, 2.45) is 13.0 Å². The summed E-state index contributed by atoms with van der Waals surface area (Å²) in [5.74, 6) is 0.230. The second-order valence-electron chi connectivity index (χ2n) is 5.58. The lowest BCUT2D eigenvalue weighted by Crippen LogP contribution is -2.30. The van der Waals surface area contributed by atoms with E-state index < -0.39 is 0 Å². The average molecular weight is 296 g/mol. The smallest absolute Gasteiger partial charge is 0.223 e. The van der Waals surface area contributed by atoms with Crippen molar-refractivity contribution >= 4 is 5.91 Å². The second-order valence-corrected chi connectivity index (χ2v) is 5.58. The molecule has 1 aliphatic rings. The third kappa shape index (κ3) is 3.24. The van der Waals surface area contributed by atoms with Gasteiger partial charge in [-0.3, -0.25) is 14.5 Å². The van der Waals surface area contributed by atoms with Crippen LogP contribution in [0.3, 0.4) is 0 Å². The number of amides is 1. The van der Waals surface area contributed by atoms with Crippen LogP contribution in [0.5, 0.6) is 0 Å². The third-order valence-electron chi connectivity index (χ3n) is 3.99. The van der Waals surface area contributed by atoms with Crippen molar-refractivity contribution in [2.75, 3.05) is 0 Å². The molecule has 2 heterocycles. The first-order valence-electron chi connectivity index (χ1n) is 7.60. The zero-order valence-corrected chi connectivity index (χ0v) is 12.7. The summed E-state index contributed by atoms with van der Waals surface area (Å²) in [6.07, 6.45) is 10.5. The summed E-state index contributed by atoms with van der Waals surface area (Å²) in [5, 5.41) is 7.47. The van der Waals surface area contributed by atoms with Gasteiger partial charge < -0.3 is 5.32 Å². The highest BCUT2D eigenvalue weighted by Crippen LogP contribution is 2.20. The highest BCUT2D eigenvalue weighted by molar-refractivity contribution is 5.79. The Morgan fingerprint density at radius 3 is 2.91 bits per heavy atom. The van der Waals surface area contributed by atoms with Crippen molar-refractivity contribution < 1.29 is 4.79 Å². The van der Waals surface area contributed by atoms with E-state index in [1.807, 2.05) is 29.9 Å². The molecule has 2 aromatic rings. The van der Waals surface area contributed by atoms with Crippen LogP contribution in [0.1, 0.15) is 25.0 Å². The van der Waals surface area contributed by atoms with Crippen molar-refractivity contribution in [3.05, 3.63) is 48.4 Å². The highest BCUT2D eigenvalue weighted by Gasteiger charge is 2.18. The number of allylic oxidation sites excluding steroid dienone is 2. The van der Waals surface area contributed by atoms with E-state index in [-0.39, 0.29) is 11.8 Å². The molecule has 0 bridgehead atoms. The van der Waals surface area contributed by atoms with Crippen molar-refractivity contribution in [2.45, 2.75) is 25.8 Å². The molecule has 1 atom stereocenters. The summed E-state index contributed by atoms with van der Waals surface area (Å²) in [6, 6.07) is 5.91. The Labute approximate surface area is 130 Å². The molecule has 0 saturated heterocycles. The number of pyridine rings is 1. The van der Waals surface area contributed by atoms with Crippen LogP contribution in [0.25, 0.3) is 11.3 Å². The Kier molecular flexibility index (Phi) is 4.32. The lowest BCUT2D eigenvalue weighted by molar-refractivity contribution is -0.125. The van der Waals surface area contributed by atoms with Crippen molar-refractivity contribution in [3.63, 3.8) is 0 Å². The molecule has 0 saturated carbocycles. The van der Waals surface area contributed by atoms with E-state index in [1.165, 1.54) is 0 Å². The third-order valence-corrected chi connectivity index (χ3v) is 3.99. The number of carbonyl (C=O) groups excluding carboxylic acids is 1. The molecule has 1 N–H and O–H groups in total. The van der Waals surface area contributed by atoms with Crippen molar-refractivity contribution in [1.29, 1.82) is 0 Å². The molecular weight excluding hydrogens is 276 g/mol. The van der Waals surface area contributed by atoms with E-state index in [2.05, 4.69) is 27.6 Å². The molecule has 0 fully saturated rings. The minimum atomic E-state index is 0.105. The molecule has 3 rings (SSSR count). The summed E-state index contributed by atoms with van der Waals surface area (Å²) >= 11 is 0. The van der Waals surface area contributed by atoms with Gasteiger partial charge in [-0.15, -0.1) is 0 Å². The fourth-order valence-electron chi connectivity index (χ4n) is 2.76. The summed E-state index contributed by atoms with van der Waals surface area (Å²) < 4.78 is 1.83. The summed E-state index contributed by atoms with van der Waals surface area (Å²) in [5.41, 5.74) is 2.96. The predicted octanol–water partition coefficient (Wildman–Crippen LogP) is 2.45. The molecule has 0 aromatic carbocycles. The quantitative estimate of drug-likeness (QED) is 0.882. The molecule has 0 unspecified atom stereocenters. The number of aryl methyl sites for hydroxylation is 1. The fourth-order valence-corrected chi connectivity index (χ4v) is 2.76. The molecule has 22 heavy (non-hydrogen) atoms. The largest absolute Gasteiger partial charge is 0.350 e. The minimum absolute atomic E-state index is 0.105. The SMILES string of the molecule is Cn1nc(CNC(=O)[C@@H]2CC=CCC2)cc1-c1ccncc1. The zero-order valence-electron chi connectivity index (χ0n) is 12.7.